The van der Waals surface area contributed by atoms with Crippen LogP contribution in [0.4, 0.5) is 16.2 Å². The van der Waals surface area contributed by atoms with Gasteiger partial charge in [-0.3, -0.25) is 9.69 Å². The van der Waals surface area contributed by atoms with Gasteiger partial charge in [-0.15, -0.1) is 0 Å². The number of benzene rings is 2. The number of rotatable bonds is 5. The number of carbonyl (C=O) groups excluding carboxylic acids is 2. The molecule has 0 atom stereocenters. The molecule has 4 rings (SSSR count). The van der Waals surface area contributed by atoms with E-state index in [9.17, 15) is 9.59 Å². The number of amides is 2. The second-order valence-electron chi connectivity index (χ2n) is 6.92. The van der Waals surface area contributed by atoms with Gasteiger partial charge in [0.05, 0.1) is 6.54 Å². The van der Waals surface area contributed by atoms with Gasteiger partial charge in [-0.1, -0.05) is 12.1 Å². The maximum Gasteiger partial charge on any atom is 0.414 e. The summed E-state index contributed by atoms with van der Waals surface area (Å²) in [7, 11) is 0. The third-order valence-corrected chi connectivity index (χ3v) is 4.98. The number of hydrogen-bond donors (Lipinski definition) is 1. The molecule has 30 heavy (non-hydrogen) atoms. The summed E-state index contributed by atoms with van der Waals surface area (Å²) < 4.78 is 10.9. The van der Waals surface area contributed by atoms with Crippen LogP contribution in [-0.4, -0.2) is 30.1 Å². The number of cyclic esters (lactones) is 1. The highest BCUT2D eigenvalue weighted by Crippen LogP contribution is 2.30. The highest BCUT2D eigenvalue weighted by atomic mass is 16.6. The first-order chi connectivity index (χ1) is 14.5. The molecule has 3 aromatic rings. The second kappa shape index (κ2) is 8.24. The highest BCUT2D eigenvalue weighted by Gasteiger charge is 2.23. The van der Waals surface area contributed by atoms with Crippen molar-refractivity contribution in [2.75, 3.05) is 23.4 Å². The first-order valence-electron chi connectivity index (χ1n) is 9.58. The fraction of sp³-hybridized carbons (Fsp3) is 0.174. The fourth-order valence-electron chi connectivity index (χ4n) is 3.12. The van der Waals surface area contributed by atoms with Crippen molar-refractivity contribution in [2.45, 2.75) is 13.8 Å². The van der Waals surface area contributed by atoms with Crippen molar-refractivity contribution in [3.05, 3.63) is 77.5 Å². The Balaban J connectivity index is 1.51. The van der Waals surface area contributed by atoms with E-state index in [1.807, 2.05) is 32.0 Å². The van der Waals surface area contributed by atoms with E-state index in [4.69, 9.17) is 9.47 Å². The van der Waals surface area contributed by atoms with Crippen molar-refractivity contribution in [1.29, 1.82) is 0 Å². The van der Waals surface area contributed by atoms with Gasteiger partial charge in [-0.25, -0.2) is 9.78 Å². The van der Waals surface area contributed by atoms with Gasteiger partial charge in [0.1, 0.15) is 18.0 Å². The first-order valence-corrected chi connectivity index (χ1v) is 9.58. The van der Waals surface area contributed by atoms with Crippen molar-refractivity contribution in [2.24, 2.45) is 0 Å². The molecule has 2 aromatic carbocycles. The zero-order valence-corrected chi connectivity index (χ0v) is 16.7. The summed E-state index contributed by atoms with van der Waals surface area (Å²) in [5, 5.41) is 2.85. The van der Waals surface area contributed by atoms with Gasteiger partial charge in [0.25, 0.3) is 5.91 Å². The summed E-state index contributed by atoms with van der Waals surface area (Å²) in [5.41, 5.74) is 3.73. The van der Waals surface area contributed by atoms with Crippen LogP contribution in [0.5, 0.6) is 11.6 Å². The smallest absolute Gasteiger partial charge is 0.414 e. The molecule has 1 N–H and O–H groups in total. The van der Waals surface area contributed by atoms with E-state index in [1.54, 1.807) is 42.6 Å². The number of nitrogens with zero attached hydrogens (tertiary/aromatic N) is 2. The number of aromatic nitrogens is 1. The molecule has 0 saturated carbocycles. The Labute approximate surface area is 174 Å². The molecule has 2 amide bonds. The van der Waals surface area contributed by atoms with Crippen LogP contribution in [0.1, 0.15) is 21.5 Å². The normalized spacial score (nSPS) is 13.1. The fourth-order valence-corrected chi connectivity index (χ4v) is 3.12. The van der Waals surface area contributed by atoms with Crippen LogP contribution in [0.2, 0.25) is 0 Å². The number of nitrogens with one attached hydrogen (secondary N) is 1. The van der Waals surface area contributed by atoms with E-state index >= 15 is 0 Å². The Morgan fingerprint density at radius 3 is 2.63 bits per heavy atom. The summed E-state index contributed by atoms with van der Waals surface area (Å²) in [6.45, 7) is 4.85. The summed E-state index contributed by atoms with van der Waals surface area (Å²) in [6, 6.07) is 16.0. The molecular formula is C23H21N3O4. The summed E-state index contributed by atoms with van der Waals surface area (Å²) >= 11 is 0. The zero-order chi connectivity index (χ0) is 21.1. The molecule has 2 heterocycles. The molecule has 0 unspecified atom stereocenters. The molecule has 7 heteroatoms. The number of aryl methyl sites for hydroxylation is 1. The van der Waals surface area contributed by atoms with Crippen molar-refractivity contribution in [3.8, 4) is 11.6 Å². The average Bonchev–Trinajstić information content (AvgIpc) is 3.18. The zero-order valence-electron chi connectivity index (χ0n) is 16.7. The lowest BCUT2D eigenvalue weighted by Crippen LogP contribution is -2.23. The van der Waals surface area contributed by atoms with Crippen LogP contribution < -0.4 is 15.0 Å². The van der Waals surface area contributed by atoms with Crippen molar-refractivity contribution in [1.82, 2.24) is 4.98 Å². The third-order valence-electron chi connectivity index (χ3n) is 4.98. The molecule has 1 aliphatic rings. The van der Waals surface area contributed by atoms with Crippen molar-refractivity contribution < 1.29 is 19.1 Å². The number of hydrogen-bond acceptors (Lipinski definition) is 5. The Kier molecular flexibility index (Phi) is 5.34. The standard InChI is InChI=1S/C23H21N3O4/c1-15-5-3-7-20(16(15)2)30-22-19(6-4-12-24-22)25-21(27)17-8-10-18(11-9-17)26-13-14-29-23(26)28/h3-12H,13-14H2,1-2H3,(H,25,27). The van der Waals surface area contributed by atoms with E-state index in [-0.39, 0.29) is 12.0 Å². The molecule has 1 aromatic heterocycles. The number of anilines is 2. The van der Waals surface area contributed by atoms with Crippen LogP contribution in [0.25, 0.3) is 0 Å². The topological polar surface area (TPSA) is 80.8 Å². The Morgan fingerprint density at radius 2 is 1.90 bits per heavy atom. The van der Waals surface area contributed by atoms with Crippen LogP contribution in [0, 0.1) is 13.8 Å². The first kappa shape index (κ1) is 19.4. The quantitative estimate of drug-likeness (QED) is 0.668. The minimum Gasteiger partial charge on any atom is -0.447 e. The summed E-state index contributed by atoms with van der Waals surface area (Å²) in [4.78, 5) is 30.2. The van der Waals surface area contributed by atoms with Gasteiger partial charge in [0, 0.05) is 17.4 Å². The monoisotopic (exact) mass is 403 g/mol. The maximum atomic E-state index is 12.7. The van der Waals surface area contributed by atoms with Crippen LogP contribution in [0.15, 0.2) is 60.8 Å². The molecule has 7 nitrogen and oxygen atoms in total. The molecule has 0 spiro atoms. The van der Waals surface area contributed by atoms with E-state index in [1.165, 1.54) is 4.90 Å². The van der Waals surface area contributed by atoms with Gasteiger partial charge < -0.3 is 14.8 Å². The highest BCUT2D eigenvalue weighted by molar-refractivity contribution is 6.05. The Hall–Kier alpha value is -3.87. The van der Waals surface area contributed by atoms with Crippen LogP contribution in [0.3, 0.4) is 0 Å². The molecule has 1 saturated heterocycles. The number of ether oxygens (including phenoxy) is 2. The van der Waals surface area contributed by atoms with Gasteiger partial charge in [0.2, 0.25) is 5.88 Å². The molecule has 0 radical (unpaired) electrons. The number of pyridine rings is 1. The van der Waals surface area contributed by atoms with E-state index in [0.29, 0.717) is 41.7 Å². The molecule has 1 aliphatic heterocycles. The average molecular weight is 403 g/mol. The van der Waals surface area contributed by atoms with Crippen molar-refractivity contribution >= 4 is 23.4 Å². The van der Waals surface area contributed by atoms with E-state index < -0.39 is 0 Å². The predicted molar refractivity (Wildman–Crippen MR) is 113 cm³/mol. The minimum atomic E-state index is -0.379. The molecule has 1 fully saturated rings. The molecule has 0 bridgehead atoms. The molecule has 152 valence electrons. The maximum absolute atomic E-state index is 12.7. The van der Waals surface area contributed by atoms with Crippen LogP contribution >= 0.6 is 0 Å². The summed E-state index contributed by atoms with van der Waals surface area (Å²) in [6.07, 6.45) is 1.23. The molecule has 0 aliphatic carbocycles. The van der Waals surface area contributed by atoms with Crippen molar-refractivity contribution in [3.63, 3.8) is 0 Å². The van der Waals surface area contributed by atoms with Gasteiger partial charge >= 0.3 is 6.09 Å². The summed E-state index contributed by atoms with van der Waals surface area (Å²) in [5.74, 6) is 0.700. The lowest BCUT2D eigenvalue weighted by atomic mass is 10.1. The Bertz CT molecular complexity index is 1100. The van der Waals surface area contributed by atoms with Gasteiger partial charge in [-0.05, 0) is 67.4 Å². The molecular weight excluding hydrogens is 382 g/mol. The van der Waals surface area contributed by atoms with Crippen LogP contribution in [-0.2, 0) is 4.74 Å². The predicted octanol–water partition coefficient (Wildman–Crippen LogP) is 4.70. The second-order valence-corrected chi connectivity index (χ2v) is 6.92. The minimum absolute atomic E-state index is 0.302. The largest absolute Gasteiger partial charge is 0.447 e. The number of carbonyl (C=O) groups is 2. The van der Waals surface area contributed by atoms with Gasteiger partial charge in [0.15, 0.2) is 0 Å². The van der Waals surface area contributed by atoms with E-state index in [2.05, 4.69) is 10.3 Å². The third kappa shape index (κ3) is 3.96. The van der Waals surface area contributed by atoms with Gasteiger partial charge in [-0.2, -0.15) is 0 Å². The lowest BCUT2D eigenvalue weighted by Gasteiger charge is -2.14. The SMILES string of the molecule is Cc1cccc(Oc2ncccc2NC(=O)c2ccc(N3CCOC3=O)cc2)c1C. The lowest BCUT2D eigenvalue weighted by molar-refractivity contribution is 0.102. The Morgan fingerprint density at radius 1 is 1.10 bits per heavy atom. The van der Waals surface area contributed by atoms with E-state index in [0.717, 1.165) is 11.1 Å².